The van der Waals surface area contributed by atoms with Crippen LogP contribution < -0.4 is 10.1 Å². The van der Waals surface area contributed by atoms with E-state index in [1.165, 1.54) is 18.2 Å². The summed E-state index contributed by atoms with van der Waals surface area (Å²) < 4.78 is 41.4. The summed E-state index contributed by atoms with van der Waals surface area (Å²) >= 11 is 0. The quantitative estimate of drug-likeness (QED) is 0.883. The van der Waals surface area contributed by atoms with Crippen LogP contribution in [0.1, 0.15) is 12.1 Å². The Morgan fingerprint density at radius 3 is 2.57 bits per heavy atom. The monoisotopic (exact) mass is 324 g/mol. The van der Waals surface area contributed by atoms with Gasteiger partial charge in [-0.1, -0.05) is 18.2 Å². The molecule has 2 rings (SSSR count). The van der Waals surface area contributed by atoms with Gasteiger partial charge < -0.3 is 10.1 Å². The molecule has 122 valence electrons. The highest BCUT2D eigenvalue weighted by molar-refractivity contribution is 5.92. The van der Waals surface area contributed by atoms with Crippen molar-refractivity contribution in [3.8, 4) is 5.75 Å². The molecule has 0 saturated carbocycles. The van der Waals surface area contributed by atoms with Crippen LogP contribution in [0.5, 0.6) is 5.75 Å². The fraction of sp³-hybridized carbons (Fsp3) is 0.250. The van der Waals surface area contributed by atoms with Crippen molar-refractivity contribution in [1.29, 1.82) is 0 Å². The number of amides is 1. The average Bonchev–Trinajstić information content (AvgIpc) is 2.52. The van der Waals surface area contributed by atoms with Crippen LogP contribution in [0.25, 0.3) is 0 Å². The number of halogens is 3. The number of nitrogens with zero attached hydrogens (tertiary/aromatic N) is 1. The first-order valence-corrected chi connectivity index (χ1v) is 6.92. The number of aryl methyl sites for hydroxylation is 1. The maximum atomic E-state index is 12.2. The van der Waals surface area contributed by atoms with Crippen LogP contribution in [-0.2, 0) is 11.2 Å². The lowest BCUT2D eigenvalue weighted by Gasteiger charge is -2.13. The largest absolute Gasteiger partial charge is 0.482 e. The summed E-state index contributed by atoms with van der Waals surface area (Å²) in [5, 5.41) is 2.56. The average molecular weight is 324 g/mol. The molecule has 0 radical (unpaired) electrons. The molecule has 1 heterocycles. The molecule has 23 heavy (non-hydrogen) atoms. The van der Waals surface area contributed by atoms with Gasteiger partial charge in [0.15, 0.2) is 6.61 Å². The maximum Gasteiger partial charge on any atom is 0.422 e. The number of benzene rings is 1. The lowest BCUT2D eigenvalue weighted by atomic mass is 10.2. The second-order valence-corrected chi connectivity index (χ2v) is 4.77. The van der Waals surface area contributed by atoms with E-state index in [0.717, 1.165) is 5.69 Å². The van der Waals surface area contributed by atoms with Gasteiger partial charge in [0.25, 0.3) is 0 Å². The molecule has 0 atom stereocenters. The van der Waals surface area contributed by atoms with Gasteiger partial charge in [-0.15, -0.1) is 0 Å². The second kappa shape index (κ2) is 7.62. The van der Waals surface area contributed by atoms with E-state index in [0.29, 0.717) is 6.42 Å². The zero-order chi connectivity index (χ0) is 16.7. The number of pyridine rings is 1. The molecule has 1 aromatic carbocycles. The number of para-hydroxylation sites is 2. The van der Waals surface area contributed by atoms with Gasteiger partial charge in [0.05, 0.1) is 5.69 Å². The summed E-state index contributed by atoms with van der Waals surface area (Å²) in [6, 6.07) is 11.4. The predicted molar refractivity (Wildman–Crippen MR) is 79.2 cm³/mol. The number of hydrogen-bond donors (Lipinski definition) is 1. The molecule has 0 spiro atoms. The molecular formula is C16H15F3N2O2. The summed E-state index contributed by atoms with van der Waals surface area (Å²) in [4.78, 5) is 16.0. The smallest absolute Gasteiger partial charge is 0.422 e. The molecule has 7 heteroatoms. The summed E-state index contributed by atoms with van der Waals surface area (Å²) in [6.45, 7) is -1.41. The number of rotatable bonds is 6. The van der Waals surface area contributed by atoms with Crippen molar-refractivity contribution in [2.24, 2.45) is 0 Å². The van der Waals surface area contributed by atoms with E-state index < -0.39 is 12.8 Å². The van der Waals surface area contributed by atoms with E-state index in [4.69, 9.17) is 4.74 Å². The second-order valence-electron chi connectivity index (χ2n) is 4.77. The van der Waals surface area contributed by atoms with Crippen LogP contribution in [0, 0.1) is 0 Å². The first-order chi connectivity index (χ1) is 10.9. The number of hydrogen-bond acceptors (Lipinski definition) is 3. The van der Waals surface area contributed by atoms with Crippen LogP contribution in [0.2, 0.25) is 0 Å². The summed E-state index contributed by atoms with van der Waals surface area (Å²) in [7, 11) is 0. The van der Waals surface area contributed by atoms with Gasteiger partial charge >= 0.3 is 6.18 Å². The number of alkyl halides is 3. The maximum absolute atomic E-state index is 12.2. The fourth-order valence-electron chi connectivity index (χ4n) is 1.86. The van der Waals surface area contributed by atoms with E-state index in [9.17, 15) is 18.0 Å². The van der Waals surface area contributed by atoms with Crippen molar-refractivity contribution in [3.63, 3.8) is 0 Å². The molecule has 2 aromatic rings. The molecule has 1 amide bonds. The normalized spacial score (nSPS) is 11.1. The van der Waals surface area contributed by atoms with Gasteiger partial charge in [0.1, 0.15) is 5.75 Å². The Labute approximate surface area is 131 Å². The van der Waals surface area contributed by atoms with Crippen molar-refractivity contribution < 1.29 is 22.7 Å². The molecule has 0 bridgehead atoms. The van der Waals surface area contributed by atoms with E-state index >= 15 is 0 Å². The minimum absolute atomic E-state index is 0.0176. The lowest BCUT2D eigenvalue weighted by Crippen LogP contribution is -2.20. The van der Waals surface area contributed by atoms with E-state index in [2.05, 4.69) is 10.3 Å². The third-order valence-corrected chi connectivity index (χ3v) is 2.89. The van der Waals surface area contributed by atoms with Gasteiger partial charge in [-0.3, -0.25) is 9.78 Å². The standard InChI is InChI=1S/C16H15F3N2O2/c17-16(18,19)11-23-14-7-2-1-6-13(14)21-15(22)9-8-12-5-3-4-10-20-12/h1-7,10H,8-9,11H2,(H,21,22). The van der Waals surface area contributed by atoms with Crippen molar-refractivity contribution in [2.45, 2.75) is 19.0 Å². The molecule has 0 saturated heterocycles. The molecule has 0 aliphatic rings. The highest BCUT2D eigenvalue weighted by Crippen LogP contribution is 2.26. The predicted octanol–water partition coefficient (Wildman–Crippen LogP) is 3.59. The minimum atomic E-state index is -4.43. The summed E-state index contributed by atoms with van der Waals surface area (Å²) in [6.07, 6.45) is -2.19. The van der Waals surface area contributed by atoms with Gasteiger partial charge in [-0.05, 0) is 30.7 Å². The van der Waals surface area contributed by atoms with E-state index in [1.807, 2.05) is 6.07 Å². The topological polar surface area (TPSA) is 51.2 Å². The van der Waals surface area contributed by atoms with Crippen LogP contribution in [0.15, 0.2) is 48.7 Å². The molecule has 0 aliphatic carbocycles. The number of anilines is 1. The van der Waals surface area contributed by atoms with Gasteiger partial charge in [-0.2, -0.15) is 13.2 Å². The number of nitrogens with one attached hydrogen (secondary N) is 1. The Bertz CT molecular complexity index is 645. The van der Waals surface area contributed by atoms with Crippen molar-refractivity contribution in [2.75, 3.05) is 11.9 Å². The lowest BCUT2D eigenvalue weighted by molar-refractivity contribution is -0.153. The first-order valence-electron chi connectivity index (χ1n) is 6.92. The molecular weight excluding hydrogens is 309 g/mol. The van der Waals surface area contributed by atoms with Gasteiger partial charge in [-0.25, -0.2) is 0 Å². The molecule has 1 N–H and O–H groups in total. The Morgan fingerprint density at radius 2 is 1.87 bits per heavy atom. The third-order valence-electron chi connectivity index (χ3n) is 2.89. The van der Waals surface area contributed by atoms with Crippen molar-refractivity contribution in [3.05, 3.63) is 54.4 Å². The van der Waals surface area contributed by atoms with E-state index in [-0.39, 0.29) is 23.8 Å². The molecule has 0 unspecified atom stereocenters. The Hall–Kier alpha value is -2.57. The Balaban J connectivity index is 1.92. The highest BCUT2D eigenvalue weighted by atomic mass is 19.4. The number of aromatic nitrogens is 1. The first kappa shape index (κ1) is 16.8. The van der Waals surface area contributed by atoms with Crippen LogP contribution in [-0.4, -0.2) is 23.7 Å². The highest BCUT2D eigenvalue weighted by Gasteiger charge is 2.28. The van der Waals surface area contributed by atoms with Crippen molar-refractivity contribution in [1.82, 2.24) is 4.98 Å². The number of carbonyl (C=O) groups is 1. The zero-order valence-corrected chi connectivity index (χ0v) is 12.1. The fourth-order valence-corrected chi connectivity index (χ4v) is 1.86. The van der Waals surface area contributed by atoms with Crippen LogP contribution in [0.3, 0.4) is 0 Å². The van der Waals surface area contributed by atoms with Crippen molar-refractivity contribution >= 4 is 11.6 Å². The Kier molecular flexibility index (Phi) is 5.56. The zero-order valence-electron chi connectivity index (χ0n) is 12.1. The molecule has 1 aromatic heterocycles. The van der Waals surface area contributed by atoms with Gasteiger partial charge in [0.2, 0.25) is 5.91 Å². The molecule has 0 fully saturated rings. The Morgan fingerprint density at radius 1 is 1.13 bits per heavy atom. The number of ether oxygens (including phenoxy) is 1. The summed E-state index contributed by atoms with van der Waals surface area (Å²) in [5.41, 5.74) is 0.979. The molecule has 4 nitrogen and oxygen atoms in total. The number of carbonyl (C=O) groups excluding carboxylic acids is 1. The molecule has 0 aliphatic heterocycles. The summed E-state index contributed by atoms with van der Waals surface area (Å²) in [5.74, 6) is -0.338. The SMILES string of the molecule is O=C(CCc1ccccn1)Nc1ccccc1OCC(F)(F)F. The third kappa shape index (κ3) is 5.98. The van der Waals surface area contributed by atoms with Crippen LogP contribution in [0.4, 0.5) is 18.9 Å². The minimum Gasteiger partial charge on any atom is -0.482 e. The van der Waals surface area contributed by atoms with E-state index in [1.54, 1.807) is 24.4 Å². The van der Waals surface area contributed by atoms with Crippen LogP contribution >= 0.6 is 0 Å². The van der Waals surface area contributed by atoms with Gasteiger partial charge in [0, 0.05) is 18.3 Å².